The molecule has 0 radical (unpaired) electrons. The lowest BCUT2D eigenvalue weighted by molar-refractivity contribution is -0.0502. The van der Waals surface area contributed by atoms with E-state index in [9.17, 15) is 13.6 Å². The monoisotopic (exact) mass is 290 g/mol. The van der Waals surface area contributed by atoms with Crippen molar-refractivity contribution >= 4 is 5.91 Å². The van der Waals surface area contributed by atoms with Crippen molar-refractivity contribution in [3.05, 3.63) is 59.4 Å². The van der Waals surface area contributed by atoms with Crippen molar-refractivity contribution in [1.29, 1.82) is 0 Å². The van der Waals surface area contributed by atoms with E-state index >= 15 is 0 Å². The van der Waals surface area contributed by atoms with Crippen LogP contribution in [0.15, 0.2) is 42.6 Å². The summed E-state index contributed by atoms with van der Waals surface area (Å²) >= 11 is 0. The van der Waals surface area contributed by atoms with Crippen LogP contribution in [0.5, 0.6) is 5.75 Å². The van der Waals surface area contributed by atoms with Crippen LogP contribution in [0, 0.1) is 0 Å². The lowest BCUT2D eigenvalue weighted by Gasteiger charge is -2.17. The summed E-state index contributed by atoms with van der Waals surface area (Å²) in [5.74, 6) is -0.453. The molecule has 0 bridgehead atoms. The van der Waals surface area contributed by atoms with Crippen molar-refractivity contribution in [3.8, 4) is 5.75 Å². The maximum atomic E-state index is 12.5. The molecule has 0 saturated heterocycles. The van der Waals surface area contributed by atoms with Gasteiger partial charge in [-0.15, -0.1) is 0 Å². The van der Waals surface area contributed by atoms with Gasteiger partial charge >= 0.3 is 6.61 Å². The fourth-order valence-electron chi connectivity index (χ4n) is 2.36. The van der Waals surface area contributed by atoms with Gasteiger partial charge in [0.25, 0.3) is 5.91 Å². The summed E-state index contributed by atoms with van der Waals surface area (Å²) in [5, 5.41) is 0. The summed E-state index contributed by atoms with van der Waals surface area (Å²) in [7, 11) is 0. The van der Waals surface area contributed by atoms with E-state index in [2.05, 4.69) is 9.72 Å². The molecule has 1 aromatic carbocycles. The van der Waals surface area contributed by atoms with Crippen LogP contribution in [-0.4, -0.2) is 22.4 Å². The van der Waals surface area contributed by atoms with E-state index in [-0.39, 0.29) is 17.2 Å². The van der Waals surface area contributed by atoms with Crippen LogP contribution in [-0.2, 0) is 13.1 Å². The fourth-order valence-corrected chi connectivity index (χ4v) is 2.36. The highest BCUT2D eigenvalue weighted by Crippen LogP contribution is 2.26. The largest absolute Gasteiger partial charge is 0.434 e. The minimum absolute atomic E-state index is 0.110. The fraction of sp³-hybridized carbons (Fsp3) is 0.200. The summed E-state index contributed by atoms with van der Waals surface area (Å²) in [6.07, 6.45) is 1.67. The molecule has 6 heteroatoms. The molecule has 108 valence electrons. The molecule has 21 heavy (non-hydrogen) atoms. The van der Waals surface area contributed by atoms with Gasteiger partial charge in [0.2, 0.25) is 0 Å². The van der Waals surface area contributed by atoms with E-state index in [4.69, 9.17) is 0 Å². The SMILES string of the molecule is O=C(c1ccccc1OC(F)F)N1Cc2cccnc2C1. The standard InChI is InChI=1S/C15H12F2N2O2/c16-15(17)21-13-6-2-1-5-11(13)14(20)19-8-10-4-3-7-18-12(10)9-19/h1-7,15H,8-9H2. The number of para-hydroxylation sites is 1. The third-order valence-corrected chi connectivity index (χ3v) is 3.31. The molecule has 0 unspecified atom stereocenters. The molecule has 2 heterocycles. The third kappa shape index (κ3) is 2.69. The highest BCUT2D eigenvalue weighted by molar-refractivity contribution is 5.97. The normalized spacial score (nSPS) is 13.4. The van der Waals surface area contributed by atoms with Gasteiger partial charge in [0.1, 0.15) is 5.75 Å². The summed E-state index contributed by atoms with van der Waals surface area (Å²) in [5.41, 5.74) is 1.93. The summed E-state index contributed by atoms with van der Waals surface area (Å²) < 4.78 is 29.2. The average molecular weight is 290 g/mol. The Bertz CT molecular complexity index is 651. The molecule has 0 fully saturated rings. The highest BCUT2D eigenvalue weighted by atomic mass is 19.3. The predicted octanol–water partition coefficient (Wildman–Crippen LogP) is 2.84. The van der Waals surface area contributed by atoms with Gasteiger partial charge in [0.05, 0.1) is 17.8 Å². The molecule has 0 spiro atoms. The van der Waals surface area contributed by atoms with E-state index in [0.717, 1.165) is 11.3 Å². The van der Waals surface area contributed by atoms with Crippen molar-refractivity contribution in [2.75, 3.05) is 0 Å². The van der Waals surface area contributed by atoms with Gasteiger partial charge < -0.3 is 9.64 Å². The van der Waals surface area contributed by atoms with E-state index in [1.54, 1.807) is 29.3 Å². The van der Waals surface area contributed by atoms with Crippen LogP contribution in [0.25, 0.3) is 0 Å². The number of amides is 1. The van der Waals surface area contributed by atoms with Gasteiger partial charge in [-0.3, -0.25) is 9.78 Å². The smallest absolute Gasteiger partial charge is 0.387 e. The molecule has 3 rings (SSSR count). The number of hydrogen-bond acceptors (Lipinski definition) is 3. The number of rotatable bonds is 3. The maximum absolute atomic E-state index is 12.5. The molecule has 0 atom stereocenters. The Kier molecular flexibility index (Phi) is 3.51. The Morgan fingerprint density at radius 2 is 2.00 bits per heavy atom. The Labute approximate surface area is 120 Å². The second-order valence-electron chi connectivity index (χ2n) is 4.65. The number of ether oxygens (including phenoxy) is 1. The molecule has 1 aliphatic heterocycles. The lowest BCUT2D eigenvalue weighted by atomic mass is 10.2. The van der Waals surface area contributed by atoms with Crippen LogP contribution in [0.1, 0.15) is 21.6 Å². The zero-order valence-electron chi connectivity index (χ0n) is 11.0. The minimum Gasteiger partial charge on any atom is -0.434 e. The minimum atomic E-state index is -2.96. The molecule has 1 amide bonds. The van der Waals surface area contributed by atoms with Crippen LogP contribution in [0.4, 0.5) is 8.78 Å². The molecule has 0 N–H and O–H groups in total. The van der Waals surface area contributed by atoms with Gasteiger partial charge in [-0.2, -0.15) is 8.78 Å². The van der Waals surface area contributed by atoms with Crippen LogP contribution in [0.2, 0.25) is 0 Å². The first-order valence-corrected chi connectivity index (χ1v) is 6.41. The Morgan fingerprint density at radius 1 is 1.19 bits per heavy atom. The van der Waals surface area contributed by atoms with Crippen LogP contribution < -0.4 is 4.74 Å². The first-order chi connectivity index (χ1) is 10.1. The Balaban J connectivity index is 1.84. The summed E-state index contributed by atoms with van der Waals surface area (Å²) in [6.45, 7) is -2.17. The molecular weight excluding hydrogens is 278 g/mol. The van der Waals surface area contributed by atoms with Gasteiger partial charge in [-0.05, 0) is 23.8 Å². The third-order valence-electron chi connectivity index (χ3n) is 3.31. The van der Waals surface area contributed by atoms with Crippen LogP contribution in [0.3, 0.4) is 0 Å². The lowest BCUT2D eigenvalue weighted by Crippen LogP contribution is -2.26. The molecule has 1 aromatic heterocycles. The van der Waals surface area contributed by atoms with Crippen molar-refractivity contribution in [1.82, 2.24) is 9.88 Å². The quantitative estimate of drug-likeness (QED) is 0.873. The molecule has 2 aromatic rings. The number of alkyl halides is 2. The number of benzene rings is 1. The van der Waals surface area contributed by atoms with Crippen molar-refractivity contribution in [2.45, 2.75) is 19.7 Å². The number of carbonyl (C=O) groups is 1. The van der Waals surface area contributed by atoms with Crippen LogP contribution >= 0.6 is 0 Å². The average Bonchev–Trinajstić information content (AvgIpc) is 2.90. The zero-order chi connectivity index (χ0) is 14.8. The van der Waals surface area contributed by atoms with Crippen molar-refractivity contribution in [2.24, 2.45) is 0 Å². The predicted molar refractivity (Wildman–Crippen MR) is 70.9 cm³/mol. The number of carbonyl (C=O) groups excluding carboxylic acids is 1. The number of halogens is 2. The second kappa shape index (κ2) is 5.47. The Morgan fingerprint density at radius 3 is 2.76 bits per heavy atom. The van der Waals surface area contributed by atoms with E-state index in [1.165, 1.54) is 12.1 Å². The summed E-state index contributed by atoms with van der Waals surface area (Å²) in [6, 6.07) is 9.72. The molecule has 0 aliphatic carbocycles. The number of fused-ring (bicyclic) bond motifs is 1. The van der Waals surface area contributed by atoms with Crippen molar-refractivity contribution in [3.63, 3.8) is 0 Å². The first-order valence-electron chi connectivity index (χ1n) is 6.41. The number of aromatic nitrogens is 1. The molecule has 0 saturated carbocycles. The summed E-state index contributed by atoms with van der Waals surface area (Å²) in [4.78, 5) is 18.3. The van der Waals surface area contributed by atoms with Gasteiger partial charge in [-0.1, -0.05) is 18.2 Å². The first kappa shape index (κ1) is 13.5. The van der Waals surface area contributed by atoms with Gasteiger partial charge in [0, 0.05) is 12.7 Å². The number of hydrogen-bond donors (Lipinski definition) is 0. The maximum Gasteiger partial charge on any atom is 0.387 e. The number of nitrogens with zero attached hydrogens (tertiary/aromatic N) is 2. The zero-order valence-corrected chi connectivity index (χ0v) is 11.0. The van der Waals surface area contributed by atoms with E-state index in [1.807, 2.05) is 6.07 Å². The van der Waals surface area contributed by atoms with E-state index < -0.39 is 6.61 Å². The van der Waals surface area contributed by atoms with Gasteiger partial charge in [-0.25, -0.2) is 0 Å². The Hall–Kier alpha value is -2.50. The number of pyridine rings is 1. The van der Waals surface area contributed by atoms with E-state index in [0.29, 0.717) is 13.1 Å². The van der Waals surface area contributed by atoms with Crippen molar-refractivity contribution < 1.29 is 18.3 Å². The molecule has 4 nitrogen and oxygen atoms in total. The van der Waals surface area contributed by atoms with Gasteiger partial charge in [0.15, 0.2) is 0 Å². The topological polar surface area (TPSA) is 42.4 Å². The molecular formula is C15H12F2N2O2. The molecule has 1 aliphatic rings. The second-order valence-corrected chi connectivity index (χ2v) is 4.65. The highest BCUT2D eigenvalue weighted by Gasteiger charge is 2.27.